The van der Waals surface area contributed by atoms with E-state index in [2.05, 4.69) is 96.9 Å². The third-order valence-electron chi connectivity index (χ3n) is 7.67. The molecule has 3 aromatic rings. The Bertz CT molecular complexity index is 1030. The maximum atomic E-state index is 6.39. The molecular weight excluding hydrogens is 452 g/mol. The van der Waals surface area contributed by atoms with Gasteiger partial charge in [-0.05, 0) is 85.8 Å². The Balaban J connectivity index is 1.56. The Labute approximate surface area is 224 Å². The SMILES string of the molecule is C#CCC[C@H](Cc1ccccc1)[C@H](Cc1ccccc1)C[C@H](COC1CCCCO1)Cc1ccccc1. The average Bonchev–Trinajstić information content (AvgIpc) is 2.96. The molecule has 0 bridgehead atoms. The van der Waals surface area contributed by atoms with Crippen molar-refractivity contribution in [2.75, 3.05) is 13.2 Å². The Hall–Kier alpha value is -2.86. The Morgan fingerprint density at radius 3 is 1.86 bits per heavy atom. The molecule has 4 rings (SSSR count). The van der Waals surface area contributed by atoms with Crippen LogP contribution in [0.25, 0.3) is 0 Å². The molecule has 0 saturated carbocycles. The first-order valence-corrected chi connectivity index (χ1v) is 14.1. The van der Waals surface area contributed by atoms with Gasteiger partial charge >= 0.3 is 0 Å². The summed E-state index contributed by atoms with van der Waals surface area (Å²) in [6.07, 6.45) is 15.2. The zero-order chi connectivity index (χ0) is 25.5. The first kappa shape index (κ1) is 27.2. The number of ether oxygens (including phenoxy) is 2. The molecule has 1 aliphatic rings. The van der Waals surface area contributed by atoms with Crippen molar-refractivity contribution in [2.24, 2.45) is 17.8 Å². The Kier molecular flexibility index (Phi) is 11.3. The second kappa shape index (κ2) is 15.4. The van der Waals surface area contributed by atoms with Crippen LogP contribution in [0.1, 0.15) is 55.2 Å². The molecule has 0 aromatic heterocycles. The van der Waals surface area contributed by atoms with Crippen LogP contribution < -0.4 is 0 Å². The zero-order valence-electron chi connectivity index (χ0n) is 22.1. The fourth-order valence-corrected chi connectivity index (χ4v) is 5.72. The molecular formula is C35H42O2. The van der Waals surface area contributed by atoms with Gasteiger partial charge in [0.1, 0.15) is 0 Å². The fraction of sp³-hybridized carbons (Fsp3) is 0.429. The van der Waals surface area contributed by atoms with Gasteiger partial charge in [-0.15, -0.1) is 12.3 Å². The second-order valence-corrected chi connectivity index (χ2v) is 10.6. The van der Waals surface area contributed by atoms with Crippen LogP contribution in [-0.2, 0) is 28.7 Å². The summed E-state index contributed by atoms with van der Waals surface area (Å²) in [7, 11) is 0. The van der Waals surface area contributed by atoms with Crippen LogP contribution in [0.15, 0.2) is 91.0 Å². The predicted molar refractivity (Wildman–Crippen MR) is 153 cm³/mol. The summed E-state index contributed by atoms with van der Waals surface area (Å²) < 4.78 is 12.3. The highest BCUT2D eigenvalue weighted by Crippen LogP contribution is 2.33. The molecule has 0 spiro atoms. The number of rotatable bonds is 14. The van der Waals surface area contributed by atoms with Crippen LogP contribution in [-0.4, -0.2) is 19.5 Å². The van der Waals surface area contributed by atoms with Crippen molar-refractivity contribution in [2.45, 2.75) is 64.1 Å². The van der Waals surface area contributed by atoms with E-state index in [1.54, 1.807) is 0 Å². The van der Waals surface area contributed by atoms with Gasteiger partial charge in [0.2, 0.25) is 0 Å². The smallest absolute Gasteiger partial charge is 0.157 e. The summed E-state index contributed by atoms with van der Waals surface area (Å²) in [6, 6.07) is 32.7. The zero-order valence-corrected chi connectivity index (χ0v) is 22.1. The number of benzene rings is 3. The van der Waals surface area contributed by atoms with E-state index < -0.39 is 0 Å². The third-order valence-corrected chi connectivity index (χ3v) is 7.67. The van der Waals surface area contributed by atoms with Crippen molar-refractivity contribution in [3.63, 3.8) is 0 Å². The minimum Gasteiger partial charge on any atom is -0.353 e. The molecule has 37 heavy (non-hydrogen) atoms. The van der Waals surface area contributed by atoms with Gasteiger partial charge in [0.25, 0.3) is 0 Å². The molecule has 4 atom stereocenters. The van der Waals surface area contributed by atoms with Crippen molar-refractivity contribution in [1.29, 1.82) is 0 Å². The summed E-state index contributed by atoms with van der Waals surface area (Å²) >= 11 is 0. The van der Waals surface area contributed by atoms with E-state index in [-0.39, 0.29) is 6.29 Å². The second-order valence-electron chi connectivity index (χ2n) is 10.6. The summed E-state index contributed by atoms with van der Waals surface area (Å²) in [5, 5.41) is 0. The standard InChI is InChI=1S/C35H42O2/c1-2-3-21-33(25-30-17-9-5-10-18-30)34(26-31-19-11-6-12-20-31)27-32(24-29-15-7-4-8-16-29)28-37-35-22-13-14-23-36-35/h1,4-12,15-20,32-35H,3,13-14,21-28H2/t32-,33-,34-,35?/m1/s1. The lowest BCUT2D eigenvalue weighted by molar-refractivity contribution is -0.170. The van der Waals surface area contributed by atoms with Gasteiger partial charge in [-0.3, -0.25) is 0 Å². The van der Waals surface area contributed by atoms with Crippen LogP contribution in [0.4, 0.5) is 0 Å². The number of terminal acetylenes is 1. The van der Waals surface area contributed by atoms with Crippen LogP contribution in [0, 0.1) is 30.1 Å². The lowest BCUT2D eigenvalue weighted by Crippen LogP contribution is -2.29. The molecule has 2 heteroatoms. The highest BCUT2D eigenvalue weighted by molar-refractivity contribution is 5.19. The Morgan fingerprint density at radius 1 is 0.757 bits per heavy atom. The normalized spacial score (nSPS) is 18.0. The van der Waals surface area contributed by atoms with E-state index >= 15 is 0 Å². The van der Waals surface area contributed by atoms with Crippen LogP contribution >= 0.6 is 0 Å². The molecule has 194 valence electrons. The first-order chi connectivity index (χ1) is 18.3. The maximum absolute atomic E-state index is 6.39. The van der Waals surface area contributed by atoms with E-state index in [0.717, 1.165) is 64.6 Å². The monoisotopic (exact) mass is 494 g/mol. The van der Waals surface area contributed by atoms with Crippen molar-refractivity contribution in [3.8, 4) is 12.3 Å². The van der Waals surface area contributed by atoms with Crippen molar-refractivity contribution >= 4 is 0 Å². The molecule has 1 saturated heterocycles. The molecule has 2 nitrogen and oxygen atoms in total. The lowest BCUT2D eigenvalue weighted by atomic mass is 9.75. The molecule has 0 aliphatic carbocycles. The van der Waals surface area contributed by atoms with Gasteiger partial charge in [0.05, 0.1) is 6.61 Å². The first-order valence-electron chi connectivity index (χ1n) is 14.1. The third kappa shape index (κ3) is 9.51. The van der Waals surface area contributed by atoms with E-state index in [1.165, 1.54) is 23.1 Å². The van der Waals surface area contributed by atoms with Gasteiger partial charge in [0.15, 0.2) is 6.29 Å². The van der Waals surface area contributed by atoms with Crippen molar-refractivity contribution < 1.29 is 9.47 Å². The minimum absolute atomic E-state index is 0.0545. The highest BCUT2D eigenvalue weighted by atomic mass is 16.7. The summed E-state index contributed by atoms with van der Waals surface area (Å²) in [4.78, 5) is 0. The molecule has 3 aromatic carbocycles. The number of hydrogen-bond acceptors (Lipinski definition) is 2. The summed E-state index contributed by atoms with van der Waals surface area (Å²) in [6.45, 7) is 1.55. The molecule has 1 heterocycles. The van der Waals surface area contributed by atoms with Crippen molar-refractivity contribution in [1.82, 2.24) is 0 Å². The van der Waals surface area contributed by atoms with Crippen LogP contribution in [0.3, 0.4) is 0 Å². The maximum Gasteiger partial charge on any atom is 0.157 e. The van der Waals surface area contributed by atoms with E-state index in [1.807, 2.05) is 0 Å². The summed E-state index contributed by atoms with van der Waals surface area (Å²) in [5.41, 5.74) is 4.18. The topological polar surface area (TPSA) is 18.5 Å². The molecule has 1 aliphatic heterocycles. The predicted octanol–water partition coefficient (Wildman–Crippen LogP) is 7.91. The van der Waals surface area contributed by atoms with Crippen LogP contribution in [0.5, 0.6) is 0 Å². The minimum atomic E-state index is -0.0545. The number of hydrogen-bond donors (Lipinski definition) is 0. The molecule has 0 radical (unpaired) electrons. The molecule has 1 unspecified atom stereocenters. The van der Waals surface area contributed by atoms with E-state index in [4.69, 9.17) is 15.9 Å². The molecule has 0 amide bonds. The van der Waals surface area contributed by atoms with Gasteiger partial charge in [-0.1, -0.05) is 91.0 Å². The van der Waals surface area contributed by atoms with Gasteiger partial charge in [0, 0.05) is 13.0 Å². The van der Waals surface area contributed by atoms with Gasteiger partial charge < -0.3 is 9.47 Å². The van der Waals surface area contributed by atoms with E-state index in [9.17, 15) is 0 Å². The Morgan fingerprint density at radius 2 is 1.32 bits per heavy atom. The quantitative estimate of drug-likeness (QED) is 0.212. The largest absolute Gasteiger partial charge is 0.353 e. The lowest BCUT2D eigenvalue weighted by Gasteiger charge is -2.32. The molecule has 1 fully saturated rings. The van der Waals surface area contributed by atoms with Crippen molar-refractivity contribution in [3.05, 3.63) is 108 Å². The van der Waals surface area contributed by atoms with Gasteiger partial charge in [-0.2, -0.15) is 0 Å². The molecule has 0 N–H and O–H groups in total. The fourth-order valence-electron chi connectivity index (χ4n) is 5.72. The van der Waals surface area contributed by atoms with E-state index in [0.29, 0.717) is 17.8 Å². The summed E-state index contributed by atoms with van der Waals surface area (Å²) in [5.74, 6) is 4.38. The highest BCUT2D eigenvalue weighted by Gasteiger charge is 2.27. The average molecular weight is 495 g/mol. The van der Waals surface area contributed by atoms with Crippen LogP contribution in [0.2, 0.25) is 0 Å². The van der Waals surface area contributed by atoms with Gasteiger partial charge in [-0.25, -0.2) is 0 Å².